The summed E-state index contributed by atoms with van der Waals surface area (Å²) < 4.78 is 2.49. The van der Waals surface area contributed by atoms with Crippen molar-refractivity contribution in [1.29, 1.82) is 0 Å². The van der Waals surface area contributed by atoms with Gasteiger partial charge in [0.2, 0.25) is 0 Å². The van der Waals surface area contributed by atoms with Gasteiger partial charge in [-0.3, -0.25) is 0 Å². The van der Waals surface area contributed by atoms with Crippen LogP contribution in [0, 0.1) is 0 Å². The number of hydrogen-bond donors (Lipinski definition) is 0. The van der Waals surface area contributed by atoms with Gasteiger partial charge in [0, 0.05) is 0 Å². The fourth-order valence-electron chi connectivity index (χ4n) is 1.13. The topological polar surface area (TPSA) is 0 Å². The molecule has 1 aromatic carbocycles. The standard InChI is InChI=1S/C7H7.C2H5.ClH.Hg/c1-7-5-3-2-4-6-7;1-2;;/h2-6H,1H2;1H2,2H3;1H;/q;;;+1/p-1. The molecule has 0 radical (unpaired) electrons. The maximum absolute atomic E-state index is 6.23. The van der Waals surface area contributed by atoms with Crippen LogP contribution in [0.1, 0.15) is 12.5 Å². The summed E-state index contributed by atoms with van der Waals surface area (Å²) in [6.45, 7) is 2.21. The Balaban J connectivity index is 2.51. The summed E-state index contributed by atoms with van der Waals surface area (Å²) in [7, 11) is 6.23. The van der Waals surface area contributed by atoms with Gasteiger partial charge in [-0.15, -0.1) is 0 Å². The Morgan fingerprint density at radius 2 is 1.91 bits per heavy atom. The van der Waals surface area contributed by atoms with Gasteiger partial charge in [-0.2, -0.15) is 0 Å². The molecule has 0 unspecified atom stereocenters. The molecule has 1 aromatic rings. The van der Waals surface area contributed by atoms with Crippen LogP contribution in [0.25, 0.3) is 0 Å². The van der Waals surface area contributed by atoms with E-state index >= 15 is 0 Å². The Labute approximate surface area is 80.3 Å². The summed E-state index contributed by atoms with van der Waals surface area (Å²) in [5, 5.41) is 0. The molecule has 1 rings (SSSR count). The van der Waals surface area contributed by atoms with Gasteiger partial charge in [-0.25, -0.2) is 0 Å². The predicted molar refractivity (Wildman–Crippen MR) is 46.5 cm³/mol. The van der Waals surface area contributed by atoms with Crippen LogP contribution in [-0.4, -0.2) is 0 Å². The van der Waals surface area contributed by atoms with E-state index < -0.39 is 21.8 Å². The van der Waals surface area contributed by atoms with E-state index in [-0.39, 0.29) is 0 Å². The van der Waals surface area contributed by atoms with E-state index in [2.05, 4.69) is 37.3 Å². The van der Waals surface area contributed by atoms with Crippen molar-refractivity contribution in [3.63, 3.8) is 0 Å². The number of rotatable bonds is 3. The van der Waals surface area contributed by atoms with E-state index in [1.807, 2.05) is 0 Å². The summed E-state index contributed by atoms with van der Waals surface area (Å²) in [5.74, 6) is 0. The quantitative estimate of drug-likeness (QED) is 0.729. The summed E-state index contributed by atoms with van der Waals surface area (Å²) in [6.07, 6.45) is 0. The Hall–Kier alpha value is 0.445. The molecular formula is C9H12ClHg. The molecule has 0 spiro atoms. The third-order valence-electron chi connectivity index (χ3n) is 1.95. The molecule has 0 nitrogen and oxygen atoms in total. The fourth-order valence-corrected chi connectivity index (χ4v) is 8.16. The molecule has 0 bridgehead atoms. The summed E-state index contributed by atoms with van der Waals surface area (Å²) in [4.78, 5) is 0. The molecule has 0 saturated carbocycles. The second-order valence-corrected chi connectivity index (χ2v) is 21.1. The molecule has 0 amide bonds. The molecule has 0 aliphatic heterocycles. The van der Waals surface area contributed by atoms with E-state index in [9.17, 15) is 0 Å². The zero-order valence-electron chi connectivity index (χ0n) is 6.89. The summed E-state index contributed by atoms with van der Waals surface area (Å²) in [6, 6.07) is 10.6. The van der Waals surface area contributed by atoms with Crippen LogP contribution in [0.4, 0.5) is 0 Å². The van der Waals surface area contributed by atoms with E-state index in [0.29, 0.717) is 0 Å². The molecule has 11 heavy (non-hydrogen) atoms. The average molecular weight is 356 g/mol. The van der Waals surface area contributed by atoms with E-state index in [1.165, 1.54) is 13.4 Å². The molecule has 57 valence electrons. The average Bonchev–Trinajstić information content (AvgIpc) is 2.06. The van der Waals surface area contributed by atoms with Gasteiger partial charge >= 0.3 is 80.7 Å². The van der Waals surface area contributed by atoms with Crippen LogP contribution >= 0.6 is 8.25 Å². The van der Waals surface area contributed by atoms with Crippen molar-refractivity contribution in [1.82, 2.24) is 0 Å². The molecule has 0 N–H and O–H groups in total. The van der Waals surface area contributed by atoms with E-state index in [1.54, 1.807) is 0 Å². The van der Waals surface area contributed by atoms with Crippen LogP contribution in [0.5, 0.6) is 0 Å². The molecule has 0 saturated heterocycles. The van der Waals surface area contributed by atoms with Gasteiger partial charge < -0.3 is 0 Å². The molecule has 2 heteroatoms. The zero-order valence-corrected chi connectivity index (χ0v) is 13.1. The van der Waals surface area contributed by atoms with E-state index in [4.69, 9.17) is 8.25 Å². The number of benzene rings is 1. The van der Waals surface area contributed by atoms with Crippen molar-refractivity contribution >= 4 is 8.25 Å². The molecular weight excluding hydrogens is 344 g/mol. The van der Waals surface area contributed by atoms with Gasteiger partial charge in [0.25, 0.3) is 0 Å². The van der Waals surface area contributed by atoms with Crippen LogP contribution < -0.4 is 0 Å². The van der Waals surface area contributed by atoms with Crippen molar-refractivity contribution in [2.45, 2.75) is 14.8 Å². The molecule has 0 aromatic heterocycles. The number of halogens is 1. The third kappa shape index (κ3) is 3.57. The van der Waals surface area contributed by atoms with Gasteiger partial charge in [0.1, 0.15) is 0 Å². The predicted octanol–water partition coefficient (Wildman–Crippen LogP) is 3.40. The molecule has 0 aliphatic carbocycles. The molecule has 0 atom stereocenters. The SMILES string of the molecule is C[CH2][Hg]([Cl])[CH2]c1ccccc1. The van der Waals surface area contributed by atoms with Gasteiger partial charge in [-0.05, 0) is 0 Å². The summed E-state index contributed by atoms with van der Waals surface area (Å²) >= 11 is -1.75. The Morgan fingerprint density at radius 3 is 2.45 bits per heavy atom. The summed E-state index contributed by atoms with van der Waals surface area (Å²) in [5.41, 5.74) is 1.43. The van der Waals surface area contributed by atoms with Crippen molar-refractivity contribution in [2.75, 3.05) is 0 Å². The first-order valence-corrected chi connectivity index (χ1v) is 18.8. The molecule has 0 aliphatic rings. The minimum absolute atomic E-state index is 1.22. The fraction of sp³-hybridized carbons (Fsp3) is 0.333. The van der Waals surface area contributed by atoms with Crippen LogP contribution in [0.3, 0.4) is 0 Å². The Kier molecular flexibility index (Phi) is 4.47. The first kappa shape index (κ1) is 9.53. The van der Waals surface area contributed by atoms with Crippen molar-refractivity contribution < 1.29 is 21.8 Å². The van der Waals surface area contributed by atoms with Crippen LogP contribution in [0.15, 0.2) is 30.3 Å². The second-order valence-electron chi connectivity index (χ2n) is 2.97. The number of hydrogen-bond acceptors (Lipinski definition) is 0. The monoisotopic (exact) mass is 357 g/mol. The zero-order chi connectivity index (χ0) is 8.10. The molecule has 0 fully saturated rings. The van der Waals surface area contributed by atoms with Gasteiger partial charge in [0.05, 0.1) is 0 Å². The van der Waals surface area contributed by atoms with Crippen molar-refractivity contribution in [3.05, 3.63) is 35.9 Å². The van der Waals surface area contributed by atoms with Crippen molar-refractivity contribution in [2.24, 2.45) is 0 Å². The van der Waals surface area contributed by atoms with Gasteiger partial charge in [0.15, 0.2) is 0 Å². The third-order valence-corrected chi connectivity index (χ3v) is 15.5. The van der Waals surface area contributed by atoms with E-state index in [0.717, 1.165) is 0 Å². The first-order chi connectivity index (χ1) is 5.33. The van der Waals surface area contributed by atoms with Gasteiger partial charge in [-0.1, -0.05) is 0 Å². The Morgan fingerprint density at radius 1 is 1.27 bits per heavy atom. The normalized spacial score (nSPS) is 9.64. The second kappa shape index (κ2) is 5.15. The molecule has 0 heterocycles. The van der Waals surface area contributed by atoms with Crippen LogP contribution in [-0.2, 0) is 25.7 Å². The van der Waals surface area contributed by atoms with Crippen LogP contribution in [0.2, 0.25) is 3.93 Å². The minimum atomic E-state index is -1.75. The maximum atomic E-state index is 6.23. The Bertz CT molecular complexity index is 198. The first-order valence-electron chi connectivity index (χ1n) is 4.24. The van der Waals surface area contributed by atoms with Crippen molar-refractivity contribution in [3.8, 4) is 0 Å².